The van der Waals surface area contributed by atoms with E-state index < -0.39 is 5.97 Å². The molecule has 5 nitrogen and oxygen atoms in total. The summed E-state index contributed by atoms with van der Waals surface area (Å²) in [4.78, 5) is 26.7. The number of piperidine rings is 1. The van der Waals surface area contributed by atoms with Crippen molar-refractivity contribution in [3.63, 3.8) is 0 Å². The second-order valence-electron chi connectivity index (χ2n) is 6.46. The SMILES string of the molecule is COC(=O)c1c(NC(=O)CC[NH+]2CCC(C)CC2)sc(C)c1C. The summed E-state index contributed by atoms with van der Waals surface area (Å²) in [5.41, 5.74) is 1.37. The molecule has 2 heterocycles. The Kier molecular flexibility index (Phi) is 6.18. The van der Waals surface area contributed by atoms with Crippen LogP contribution in [0, 0.1) is 19.8 Å². The maximum absolute atomic E-state index is 12.2. The number of carbonyl (C=O) groups excluding carboxylic acids is 2. The molecule has 0 bridgehead atoms. The van der Waals surface area contributed by atoms with Crippen molar-refractivity contribution in [3.05, 3.63) is 16.0 Å². The summed E-state index contributed by atoms with van der Waals surface area (Å²) in [6.07, 6.45) is 2.97. The van der Waals surface area contributed by atoms with Gasteiger partial charge in [0, 0.05) is 4.88 Å². The van der Waals surface area contributed by atoms with Crippen molar-refractivity contribution >= 4 is 28.2 Å². The Morgan fingerprint density at radius 1 is 1.30 bits per heavy atom. The summed E-state index contributed by atoms with van der Waals surface area (Å²) in [7, 11) is 1.36. The normalized spacial score (nSPS) is 21.0. The van der Waals surface area contributed by atoms with E-state index in [2.05, 4.69) is 12.2 Å². The molecule has 0 spiro atoms. The maximum atomic E-state index is 12.2. The zero-order valence-electron chi connectivity index (χ0n) is 14.5. The molecule has 0 saturated carbocycles. The molecule has 0 radical (unpaired) electrons. The van der Waals surface area contributed by atoms with Crippen molar-refractivity contribution in [2.45, 2.75) is 40.0 Å². The summed E-state index contributed by atoms with van der Waals surface area (Å²) in [5, 5.41) is 3.51. The number of nitrogens with one attached hydrogen (secondary N) is 2. The third-order valence-electron chi connectivity index (χ3n) is 4.71. The molecule has 1 aliphatic heterocycles. The highest BCUT2D eigenvalue weighted by Gasteiger charge is 2.23. The first-order valence-corrected chi connectivity index (χ1v) is 9.05. The summed E-state index contributed by atoms with van der Waals surface area (Å²) in [6, 6.07) is 0. The second kappa shape index (κ2) is 7.93. The van der Waals surface area contributed by atoms with Crippen molar-refractivity contribution in [3.8, 4) is 0 Å². The Morgan fingerprint density at radius 3 is 2.57 bits per heavy atom. The standard InChI is InChI=1S/C17H26N2O3S/c1-11-5-8-19(9-6-11)10-7-14(20)18-16-15(17(21)22-4)12(2)13(3)23-16/h11H,5-10H2,1-4H3,(H,18,20)/p+1. The van der Waals surface area contributed by atoms with Crippen LogP contribution in [0.5, 0.6) is 0 Å². The molecule has 128 valence electrons. The van der Waals surface area contributed by atoms with Gasteiger partial charge in [-0.25, -0.2) is 4.79 Å². The van der Waals surface area contributed by atoms with Gasteiger partial charge >= 0.3 is 5.97 Å². The van der Waals surface area contributed by atoms with Gasteiger partial charge in [0.15, 0.2) is 0 Å². The predicted octanol–water partition coefficient (Wildman–Crippen LogP) is 1.79. The highest BCUT2D eigenvalue weighted by atomic mass is 32.1. The Hall–Kier alpha value is -1.40. The number of amides is 1. The van der Waals surface area contributed by atoms with Gasteiger partial charge in [-0.3, -0.25) is 4.79 Å². The molecule has 1 amide bonds. The molecular formula is C17H27N2O3S+. The van der Waals surface area contributed by atoms with Gasteiger partial charge in [-0.2, -0.15) is 0 Å². The van der Waals surface area contributed by atoms with Gasteiger partial charge in [-0.1, -0.05) is 6.92 Å². The van der Waals surface area contributed by atoms with E-state index in [0.717, 1.165) is 36.0 Å². The Bertz CT molecular complexity index is 575. The second-order valence-corrected chi connectivity index (χ2v) is 7.68. The minimum Gasteiger partial charge on any atom is -0.465 e. The van der Waals surface area contributed by atoms with E-state index in [0.29, 0.717) is 17.0 Å². The molecule has 2 rings (SSSR count). The summed E-state index contributed by atoms with van der Waals surface area (Å²) in [6.45, 7) is 9.28. The van der Waals surface area contributed by atoms with Gasteiger partial charge in [-0.15, -0.1) is 11.3 Å². The highest BCUT2D eigenvalue weighted by Crippen LogP contribution is 2.32. The van der Waals surface area contributed by atoms with Crippen LogP contribution >= 0.6 is 11.3 Å². The van der Waals surface area contributed by atoms with E-state index in [-0.39, 0.29) is 5.91 Å². The number of likely N-dealkylation sites (tertiary alicyclic amines) is 1. The third-order valence-corrected chi connectivity index (χ3v) is 5.84. The molecule has 1 aromatic heterocycles. The van der Waals surface area contributed by atoms with Crippen LogP contribution in [0.15, 0.2) is 0 Å². The van der Waals surface area contributed by atoms with Gasteiger partial charge in [0.05, 0.1) is 38.7 Å². The fourth-order valence-electron chi connectivity index (χ4n) is 2.96. The molecule has 1 fully saturated rings. The molecule has 0 atom stereocenters. The lowest BCUT2D eigenvalue weighted by Gasteiger charge is -2.27. The lowest BCUT2D eigenvalue weighted by atomic mass is 9.99. The van der Waals surface area contributed by atoms with Crippen LogP contribution in [0.1, 0.15) is 47.0 Å². The van der Waals surface area contributed by atoms with E-state index in [1.54, 1.807) is 0 Å². The zero-order chi connectivity index (χ0) is 17.0. The number of hydrogen-bond acceptors (Lipinski definition) is 4. The number of esters is 1. The van der Waals surface area contributed by atoms with Gasteiger partial charge in [0.2, 0.25) is 5.91 Å². The molecule has 2 N–H and O–H groups in total. The lowest BCUT2D eigenvalue weighted by Crippen LogP contribution is -3.13. The first-order valence-electron chi connectivity index (χ1n) is 8.24. The molecular weight excluding hydrogens is 312 g/mol. The van der Waals surface area contributed by atoms with Crippen molar-refractivity contribution in [1.82, 2.24) is 0 Å². The molecule has 0 aromatic carbocycles. The van der Waals surface area contributed by atoms with Crippen LogP contribution in [0.2, 0.25) is 0 Å². The van der Waals surface area contributed by atoms with Gasteiger partial charge in [0.25, 0.3) is 0 Å². The molecule has 1 saturated heterocycles. The third kappa shape index (κ3) is 4.54. The van der Waals surface area contributed by atoms with Crippen LogP contribution in [0.3, 0.4) is 0 Å². The van der Waals surface area contributed by atoms with Crippen molar-refractivity contribution in [2.24, 2.45) is 5.92 Å². The van der Waals surface area contributed by atoms with E-state index in [1.807, 2.05) is 13.8 Å². The number of aryl methyl sites for hydroxylation is 1. The number of rotatable bonds is 5. The van der Waals surface area contributed by atoms with Crippen molar-refractivity contribution in [1.29, 1.82) is 0 Å². The van der Waals surface area contributed by atoms with E-state index in [4.69, 9.17) is 4.74 Å². The van der Waals surface area contributed by atoms with Gasteiger partial charge in [-0.05, 0) is 38.2 Å². The predicted molar refractivity (Wildman–Crippen MR) is 92.3 cm³/mol. The van der Waals surface area contributed by atoms with Crippen molar-refractivity contribution < 1.29 is 19.2 Å². The molecule has 23 heavy (non-hydrogen) atoms. The van der Waals surface area contributed by atoms with E-state index >= 15 is 0 Å². The maximum Gasteiger partial charge on any atom is 0.341 e. The Balaban J connectivity index is 1.93. The average Bonchev–Trinajstić information content (AvgIpc) is 2.80. The highest BCUT2D eigenvalue weighted by molar-refractivity contribution is 7.16. The monoisotopic (exact) mass is 339 g/mol. The van der Waals surface area contributed by atoms with Crippen LogP contribution in [-0.2, 0) is 9.53 Å². The first-order chi connectivity index (χ1) is 10.9. The lowest BCUT2D eigenvalue weighted by molar-refractivity contribution is -0.905. The summed E-state index contributed by atoms with van der Waals surface area (Å²) < 4.78 is 4.83. The quantitative estimate of drug-likeness (QED) is 0.804. The van der Waals surface area contributed by atoms with Crippen LogP contribution in [0.4, 0.5) is 5.00 Å². The van der Waals surface area contributed by atoms with Crippen LogP contribution in [-0.4, -0.2) is 38.6 Å². The van der Waals surface area contributed by atoms with Crippen LogP contribution in [0.25, 0.3) is 0 Å². The number of quaternary nitrogens is 1. The fraction of sp³-hybridized carbons (Fsp3) is 0.647. The van der Waals surface area contributed by atoms with E-state index in [1.165, 1.54) is 36.2 Å². The largest absolute Gasteiger partial charge is 0.465 e. The number of anilines is 1. The van der Waals surface area contributed by atoms with Crippen LogP contribution < -0.4 is 10.2 Å². The van der Waals surface area contributed by atoms with Crippen molar-refractivity contribution in [2.75, 3.05) is 32.1 Å². The number of methoxy groups -OCH3 is 1. The smallest absolute Gasteiger partial charge is 0.341 e. The molecule has 0 unspecified atom stereocenters. The minimum atomic E-state index is -0.391. The number of ether oxygens (including phenoxy) is 1. The van der Waals surface area contributed by atoms with Gasteiger partial charge in [0.1, 0.15) is 5.00 Å². The molecule has 6 heteroatoms. The molecule has 1 aromatic rings. The first kappa shape index (κ1) is 17.9. The summed E-state index contributed by atoms with van der Waals surface area (Å²) in [5.74, 6) is 0.396. The van der Waals surface area contributed by atoms with E-state index in [9.17, 15) is 9.59 Å². The number of thiophene rings is 1. The zero-order valence-corrected chi connectivity index (χ0v) is 15.3. The Morgan fingerprint density at radius 2 is 1.96 bits per heavy atom. The number of carbonyl (C=O) groups is 2. The Labute approximate surface area is 142 Å². The number of hydrogen-bond donors (Lipinski definition) is 2. The molecule has 0 aliphatic carbocycles. The fourth-order valence-corrected chi connectivity index (χ4v) is 4.03. The minimum absolute atomic E-state index is 0.0254. The van der Waals surface area contributed by atoms with Gasteiger partial charge < -0.3 is 15.0 Å². The average molecular weight is 339 g/mol. The molecule has 1 aliphatic rings. The topological polar surface area (TPSA) is 59.8 Å². The summed E-state index contributed by atoms with van der Waals surface area (Å²) >= 11 is 1.44.